The van der Waals surface area contributed by atoms with Crippen molar-refractivity contribution in [2.75, 3.05) is 28.4 Å². The number of hydrogen-bond donors (Lipinski definition) is 0. The molecule has 3 aromatic carbocycles. The normalized spacial score (nSPS) is 10.1. The molecule has 178 valence electrons. The molecular formula is C25H27N3O6. The van der Waals surface area contributed by atoms with E-state index >= 15 is 0 Å². The van der Waals surface area contributed by atoms with E-state index in [4.69, 9.17) is 34.0 Å². The van der Waals surface area contributed by atoms with Crippen molar-refractivity contribution >= 4 is 0 Å². The van der Waals surface area contributed by atoms with E-state index < -0.39 is 0 Å². The third kappa shape index (κ3) is 6.88. The van der Waals surface area contributed by atoms with Crippen molar-refractivity contribution in [2.24, 2.45) is 5.11 Å². The molecule has 0 radical (unpaired) electrons. The molecule has 0 aliphatic carbocycles. The maximum absolute atomic E-state index is 8.72. The molecule has 0 saturated heterocycles. The molecule has 0 fully saturated rings. The summed E-state index contributed by atoms with van der Waals surface area (Å²) in [5.41, 5.74) is 11.2. The largest absolute Gasteiger partial charge is 0.497 e. The van der Waals surface area contributed by atoms with Crippen molar-refractivity contribution in [2.45, 2.75) is 19.8 Å². The highest BCUT2D eigenvalue weighted by molar-refractivity contribution is 5.42. The third-order valence-electron chi connectivity index (χ3n) is 4.89. The van der Waals surface area contributed by atoms with Crippen molar-refractivity contribution in [3.8, 4) is 34.5 Å². The van der Waals surface area contributed by atoms with Gasteiger partial charge in [0.15, 0.2) is 0 Å². The predicted octanol–water partition coefficient (Wildman–Crippen LogP) is 5.69. The van der Waals surface area contributed by atoms with Gasteiger partial charge in [0.05, 0.1) is 35.0 Å². The van der Waals surface area contributed by atoms with Crippen molar-refractivity contribution in [1.29, 1.82) is 0 Å². The number of methoxy groups -OCH3 is 4. The van der Waals surface area contributed by atoms with Crippen LogP contribution in [0.3, 0.4) is 0 Å². The lowest BCUT2D eigenvalue weighted by Gasteiger charge is -2.14. The Morgan fingerprint density at radius 3 is 1.26 bits per heavy atom. The van der Waals surface area contributed by atoms with Crippen LogP contribution in [0.2, 0.25) is 0 Å². The van der Waals surface area contributed by atoms with Gasteiger partial charge in [-0.2, -0.15) is 0 Å². The van der Waals surface area contributed by atoms with Crippen LogP contribution in [0.1, 0.15) is 16.7 Å². The van der Waals surface area contributed by atoms with Crippen LogP contribution in [0.5, 0.6) is 34.5 Å². The first-order valence-corrected chi connectivity index (χ1v) is 10.4. The summed E-state index contributed by atoms with van der Waals surface area (Å²) in [4.78, 5) is 2.84. The first-order valence-electron chi connectivity index (χ1n) is 10.4. The lowest BCUT2D eigenvalue weighted by Crippen LogP contribution is -2.01. The second-order valence-corrected chi connectivity index (χ2v) is 7.22. The molecule has 0 N–H and O–H groups in total. The van der Waals surface area contributed by atoms with E-state index in [0.29, 0.717) is 34.5 Å². The predicted molar refractivity (Wildman–Crippen MR) is 127 cm³/mol. The molecule has 0 saturated carbocycles. The molecule has 3 aromatic rings. The second-order valence-electron chi connectivity index (χ2n) is 7.22. The van der Waals surface area contributed by atoms with E-state index in [1.54, 1.807) is 46.6 Å². The SMILES string of the molecule is COc1cc(COc2cc(CN=[N+]=[N-])cc(OCc3cc(OC)cc(OC)c3)c2)cc(OC)c1. The fourth-order valence-electron chi connectivity index (χ4n) is 3.23. The van der Waals surface area contributed by atoms with Crippen LogP contribution in [-0.2, 0) is 19.8 Å². The average Bonchev–Trinajstić information content (AvgIpc) is 2.88. The van der Waals surface area contributed by atoms with Crippen molar-refractivity contribution in [3.05, 3.63) is 81.7 Å². The minimum atomic E-state index is 0.171. The van der Waals surface area contributed by atoms with Crippen molar-refractivity contribution < 1.29 is 28.4 Å². The molecule has 0 spiro atoms. The van der Waals surface area contributed by atoms with Crippen molar-refractivity contribution in [1.82, 2.24) is 0 Å². The van der Waals surface area contributed by atoms with Gasteiger partial charge in [0.1, 0.15) is 47.7 Å². The summed E-state index contributed by atoms with van der Waals surface area (Å²) in [6, 6.07) is 16.5. The van der Waals surface area contributed by atoms with Gasteiger partial charge in [-0.1, -0.05) is 5.11 Å². The Balaban J connectivity index is 1.79. The van der Waals surface area contributed by atoms with Gasteiger partial charge in [0.25, 0.3) is 0 Å². The molecule has 0 unspecified atom stereocenters. The molecule has 34 heavy (non-hydrogen) atoms. The Labute approximate surface area is 198 Å². The zero-order valence-corrected chi connectivity index (χ0v) is 19.6. The Hall–Kier alpha value is -4.23. The van der Waals surface area contributed by atoms with E-state index in [9.17, 15) is 0 Å². The monoisotopic (exact) mass is 465 g/mol. The van der Waals surface area contributed by atoms with Gasteiger partial charge in [0, 0.05) is 23.1 Å². The number of nitrogens with zero attached hydrogens (tertiary/aromatic N) is 3. The highest BCUT2D eigenvalue weighted by atomic mass is 16.5. The van der Waals surface area contributed by atoms with Crippen LogP contribution in [-0.4, -0.2) is 28.4 Å². The van der Waals surface area contributed by atoms with Crippen LogP contribution < -0.4 is 28.4 Å². The fourth-order valence-corrected chi connectivity index (χ4v) is 3.23. The molecule has 3 rings (SSSR count). The van der Waals surface area contributed by atoms with Crippen LogP contribution in [0.15, 0.2) is 59.7 Å². The zero-order chi connectivity index (χ0) is 24.3. The average molecular weight is 466 g/mol. The van der Waals surface area contributed by atoms with E-state index in [1.807, 2.05) is 36.4 Å². The first kappa shape index (κ1) is 24.4. The quantitative estimate of drug-likeness (QED) is 0.193. The number of hydrogen-bond acceptors (Lipinski definition) is 7. The molecular weight excluding hydrogens is 438 g/mol. The Morgan fingerprint density at radius 2 is 0.912 bits per heavy atom. The summed E-state index contributed by atoms with van der Waals surface area (Å²) >= 11 is 0. The summed E-state index contributed by atoms with van der Waals surface area (Å²) in [6.45, 7) is 0.736. The smallest absolute Gasteiger partial charge is 0.123 e. The second kappa shape index (κ2) is 12.1. The maximum Gasteiger partial charge on any atom is 0.123 e. The van der Waals surface area contributed by atoms with Crippen LogP contribution in [0.25, 0.3) is 10.4 Å². The summed E-state index contributed by atoms with van der Waals surface area (Å²) in [7, 11) is 6.39. The summed E-state index contributed by atoms with van der Waals surface area (Å²) in [6.07, 6.45) is 0. The minimum absolute atomic E-state index is 0.171. The standard InChI is InChI=1S/C25H27N3O6/c1-29-20-7-18(8-21(11-20)30-2)15-33-24-5-17(14-27-28-26)6-25(13-24)34-16-19-9-22(31-3)12-23(10-19)32-4/h5-13H,14-16H2,1-4H3. The minimum Gasteiger partial charge on any atom is -0.497 e. The van der Waals surface area contributed by atoms with Gasteiger partial charge in [-0.05, 0) is 58.6 Å². The summed E-state index contributed by atoms with van der Waals surface area (Å²) in [5, 5.41) is 3.65. The topological polar surface area (TPSA) is 104 Å². The lowest BCUT2D eigenvalue weighted by molar-refractivity contribution is 0.287. The van der Waals surface area contributed by atoms with E-state index in [1.165, 1.54) is 0 Å². The molecule has 0 aromatic heterocycles. The fraction of sp³-hybridized carbons (Fsp3) is 0.280. The number of benzene rings is 3. The lowest BCUT2D eigenvalue weighted by atomic mass is 10.2. The Kier molecular flexibility index (Phi) is 8.71. The van der Waals surface area contributed by atoms with Gasteiger partial charge in [-0.25, -0.2) is 0 Å². The van der Waals surface area contributed by atoms with Gasteiger partial charge in [0.2, 0.25) is 0 Å². The molecule has 0 aliphatic rings. The van der Waals surface area contributed by atoms with E-state index in [-0.39, 0.29) is 19.8 Å². The van der Waals surface area contributed by atoms with Gasteiger partial charge < -0.3 is 28.4 Å². The van der Waals surface area contributed by atoms with Crippen LogP contribution in [0, 0.1) is 0 Å². The molecule has 0 bridgehead atoms. The Morgan fingerprint density at radius 1 is 0.559 bits per heavy atom. The van der Waals surface area contributed by atoms with Gasteiger partial charge >= 0.3 is 0 Å². The van der Waals surface area contributed by atoms with Crippen LogP contribution >= 0.6 is 0 Å². The van der Waals surface area contributed by atoms with Gasteiger partial charge in [-0.15, -0.1) is 0 Å². The third-order valence-corrected chi connectivity index (χ3v) is 4.89. The molecule has 0 amide bonds. The maximum atomic E-state index is 8.72. The highest BCUT2D eigenvalue weighted by Crippen LogP contribution is 2.28. The van der Waals surface area contributed by atoms with E-state index in [0.717, 1.165) is 16.7 Å². The zero-order valence-electron chi connectivity index (χ0n) is 19.6. The summed E-state index contributed by atoms with van der Waals surface area (Å²) in [5.74, 6) is 3.84. The van der Waals surface area contributed by atoms with Crippen LogP contribution in [0.4, 0.5) is 0 Å². The summed E-state index contributed by atoms with van der Waals surface area (Å²) < 4.78 is 33.3. The van der Waals surface area contributed by atoms with E-state index in [2.05, 4.69) is 10.0 Å². The number of ether oxygens (including phenoxy) is 6. The first-order chi connectivity index (χ1) is 16.6. The molecule has 0 heterocycles. The highest BCUT2D eigenvalue weighted by Gasteiger charge is 2.08. The molecule has 9 heteroatoms. The Bertz CT molecular complexity index is 1040. The van der Waals surface area contributed by atoms with Crippen molar-refractivity contribution in [3.63, 3.8) is 0 Å². The molecule has 0 atom stereocenters. The molecule has 0 aliphatic heterocycles. The number of azide groups is 1. The molecule has 9 nitrogen and oxygen atoms in total. The number of rotatable bonds is 12. The van der Waals surface area contributed by atoms with Gasteiger partial charge in [-0.3, -0.25) is 0 Å².